The molecular formula is C14H18N4O2. The number of ether oxygens (including phenoxy) is 1. The summed E-state index contributed by atoms with van der Waals surface area (Å²) in [5, 5.41) is 6.88. The molecular weight excluding hydrogens is 256 g/mol. The Bertz CT molecular complexity index is 567. The van der Waals surface area contributed by atoms with Crippen molar-refractivity contribution in [2.75, 3.05) is 18.9 Å². The van der Waals surface area contributed by atoms with Crippen LogP contribution < -0.4 is 15.8 Å². The van der Waals surface area contributed by atoms with Crippen molar-refractivity contribution in [1.29, 1.82) is 0 Å². The molecule has 2 rings (SSSR count). The van der Waals surface area contributed by atoms with Gasteiger partial charge in [0, 0.05) is 24.6 Å². The lowest BCUT2D eigenvalue weighted by molar-refractivity contribution is 0.0949. The first-order valence-electron chi connectivity index (χ1n) is 6.49. The van der Waals surface area contributed by atoms with Gasteiger partial charge in [0.2, 0.25) is 0 Å². The van der Waals surface area contributed by atoms with Crippen LogP contribution in [0.1, 0.15) is 17.3 Å². The van der Waals surface area contributed by atoms with Crippen LogP contribution in [0.3, 0.4) is 0 Å². The van der Waals surface area contributed by atoms with Crippen LogP contribution in [-0.2, 0) is 6.54 Å². The number of carbonyl (C=O) groups excluding carboxylic acids is 1. The molecule has 0 spiro atoms. The number of nitrogens with one attached hydrogen (secondary N) is 1. The van der Waals surface area contributed by atoms with Crippen LogP contribution in [0.15, 0.2) is 36.7 Å². The molecule has 0 aliphatic heterocycles. The first kappa shape index (κ1) is 13.9. The summed E-state index contributed by atoms with van der Waals surface area (Å²) in [6.45, 7) is 3.43. The van der Waals surface area contributed by atoms with Gasteiger partial charge in [-0.05, 0) is 25.1 Å². The minimum Gasteiger partial charge on any atom is -0.493 e. The summed E-state index contributed by atoms with van der Waals surface area (Å²) in [6, 6.07) is 7.03. The van der Waals surface area contributed by atoms with E-state index in [1.165, 1.54) is 0 Å². The molecule has 0 saturated carbocycles. The third-order valence-electron chi connectivity index (χ3n) is 2.77. The van der Waals surface area contributed by atoms with E-state index in [2.05, 4.69) is 10.4 Å². The van der Waals surface area contributed by atoms with E-state index in [0.29, 0.717) is 36.7 Å². The summed E-state index contributed by atoms with van der Waals surface area (Å²) in [4.78, 5) is 12.2. The molecule has 1 heterocycles. The average molecular weight is 274 g/mol. The Morgan fingerprint density at radius 3 is 3.00 bits per heavy atom. The smallest absolute Gasteiger partial charge is 0.257 e. The fraction of sp³-hybridized carbons (Fsp3) is 0.286. The predicted octanol–water partition coefficient (Wildman–Crippen LogP) is 1.29. The number of aromatic nitrogens is 2. The Morgan fingerprint density at radius 1 is 1.45 bits per heavy atom. The number of hydrogen-bond acceptors (Lipinski definition) is 4. The maximum absolute atomic E-state index is 12.2. The van der Waals surface area contributed by atoms with Crippen molar-refractivity contribution in [3.63, 3.8) is 0 Å². The number of benzene rings is 1. The highest BCUT2D eigenvalue weighted by atomic mass is 16.5. The molecule has 20 heavy (non-hydrogen) atoms. The molecule has 3 N–H and O–H groups in total. The molecule has 1 amide bonds. The van der Waals surface area contributed by atoms with Gasteiger partial charge in [-0.25, -0.2) is 0 Å². The van der Waals surface area contributed by atoms with E-state index >= 15 is 0 Å². The summed E-state index contributed by atoms with van der Waals surface area (Å²) < 4.78 is 7.18. The van der Waals surface area contributed by atoms with Gasteiger partial charge in [-0.3, -0.25) is 9.48 Å². The van der Waals surface area contributed by atoms with E-state index in [1.807, 2.05) is 19.2 Å². The quantitative estimate of drug-likeness (QED) is 0.778. The van der Waals surface area contributed by atoms with Crippen LogP contribution in [0, 0.1) is 0 Å². The maximum atomic E-state index is 12.2. The van der Waals surface area contributed by atoms with Crippen LogP contribution in [0.25, 0.3) is 0 Å². The molecule has 6 nitrogen and oxygen atoms in total. The lowest BCUT2D eigenvalue weighted by atomic mass is 10.1. The molecule has 0 saturated heterocycles. The van der Waals surface area contributed by atoms with Gasteiger partial charge in [0.05, 0.1) is 13.2 Å². The molecule has 106 valence electrons. The highest BCUT2D eigenvalue weighted by Gasteiger charge is 2.15. The van der Waals surface area contributed by atoms with Crippen molar-refractivity contribution in [1.82, 2.24) is 15.1 Å². The van der Waals surface area contributed by atoms with Gasteiger partial charge in [-0.2, -0.15) is 5.10 Å². The van der Waals surface area contributed by atoms with Gasteiger partial charge in [0.15, 0.2) is 0 Å². The number of nitrogen functional groups attached to an aromatic ring is 1. The molecule has 0 bridgehead atoms. The number of amides is 1. The SMILES string of the molecule is CCOc1cccc(N)c1C(=O)NCCn1cccn1. The third-order valence-corrected chi connectivity index (χ3v) is 2.77. The summed E-state index contributed by atoms with van der Waals surface area (Å²) in [6.07, 6.45) is 3.54. The van der Waals surface area contributed by atoms with E-state index in [-0.39, 0.29) is 5.91 Å². The van der Waals surface area contributed by atoms with Crippen molar-refractivity contribution in [3.05, 3.63) is 42.2 Å². The van der Waals surface area contributed by atoms with E-state index in [9.17, 15) is 4.79 Å². The lowest BCUT2D eigenvalue weighted by Gasteiger charge is -2.12. The summed E-state index contributed by atoms with van der Waals surface area (Å²) >= 11 is 0. The normalized spacial score (nSPS) is 10.2. The number of anilines is 1. The lowest BCUT2D eigenvalue weighted by Crippen LogP contribution is -2.28. The highest BCUT2D eigenvalue weighted by Crippen LogP contribution is 2.24. The Balaban J connectivity index is 2.01. The van der Waals surface area contributed by atoms with Crippen molar-refractivity contribution in [2.24, 2.45) is 0 Å². The standard InChI is InChI=1S/C14H18N4O2/c1-2-20-12-6-3-5-11(15)13(12)14(19)16-8-10-18-9-4-7-17-18/h3-7,9H,2,8,10,15H2,1H3,(H,16,19). The van der Waals surface area contributed by atoms with E-state index < -0.39 is 0 Å². The van der Waals surface area contributed by atoms with Gasteiger partial charge in [-0.15, -0.1) is 0 Å². The van der Waals surface area contributed by atoms with E-state index in [1.54, 1.807) is 29.1 Å². The minimum atomic E-state index is -0.237. The Kier molecular flexibility index (Phi) is 4.60. The predicted molar refractivity (Wildman–Crippen MR) is 76.6 cm³/mol. The van der Waals surface area contributed by atoms with Gasteiger partial charge < -0.3 is 15.8 Å². The fourth-order valence-corrected chi connectivity index (χ4v) is 1.87. The highest BCUT2D eigenvalue weighted by molar-refractivity contribution is 6.01. The molecule has 0 aliphatic rings. The minimum absolute atomic E-state index is 0.237. The molecule has 6 heteroatoms. The van der Waals surface area contributed by atoms with E-state index in [0.717, 1.165) is 0 Å². The Hall–Kier alpha value is -2.50. The maximum Gasteiger partial charge on any atom is 0.257 e. The molecule has 0 atom stereocenters. The second-order valence-corrected chi connectivity index (χ2v) is 4.18. The van der Waals surface area contributed by atoms with Crippen LogP contribution in [-0.4, -0.2) is 28.8 Å². The number of rotatable bonds is 6. The van der Waals surface area contributed by atoms with Crippen LogP contribution in [0.2, 0.25) is 0 Å². The first-order chi connectivity index (χ1) is 9.72. The van der Waals surface area contributed by atoms with Crippen LogP contribution in [0.4, 0.5) is 5.69 Å². The van der Waals surface area contributed by atoms with Crippen molar-refractivity contribution >= 4 is 11.6 Å². The molecule has 2 aromatic rings. The Labute approximate surface area is 117 Å². The van der Waals surface area contributed by atoms with Gasteiger partial charge in [0.25, 0.3) is 5.91 Å². The second kappa shape index (κ2) is 6.60. The van der Waals surface area contributed by atoms with Crippen molar-refractivity contribution < 1.29 is 9.53 Å². The first-order valence-corrected chi connectivity index (χ1v) is 6.49. The average Bonchev–Trinajstić information content (AvgIpc) is 2.92. The zero-order valence-electron chi connectivity index (χ0n) is 11.4. The van der Waals surface area contributed by atoms with Crippen LogP contribution >= 0.6 is 0 Å². The van der Waals surface area contributed by atoms with E-state index in [4.69, 9.17) is 10.5 Å². The summed E-state index contributed by atoms with van der Waals surface area (Å²) in [5.41, 5.74) is 6.65. The molecule has 0 unspecified atom stereocenters. The Morgan fingerprint density at radius 2 is 2.30 bits per heavy atom. The molecule has 0 fully saturated rings. The third kappa shape index (κ3) is 3.28. The second-order valence-electron chi connectivity index (χ2n) is 4.18. The zero-order chi connectivity index (χ0) is 14.4. The zero-order valence-corrected chi connectivity index (χ0v) is 11.4. The molecule has 1 aromatic heterocycles. The van der Waals surface area contributed by atoms with Gasteiger partial charge >= 0.3 is 0 Å². The largest absolute Gasteiger partial charge is 0.493 e. The molecule has 0 radical (unpaired) electrons. The molecule has 0 aliphatic carbocycles. The number of hydrogen-bond donors (Lipinski definition) is 2. The van der Waals surface area contributed by atoms with Crippen molar-refractivity contribution in [2.45, 2.75) is 13.5 Å². The van der Waals surface area contributed by atoms with Crippen LogP contribution in [0.5, 0.6) is 5.75 Å². The summed E-state index contributed by atoms with van der Waals surface area (Å²) in [7, 11) is 0. The fourth-order valence-electron chi connectivity index (χ4n) is 1.87. The monoisotopic (exact) mass is 274 g/mol. The number of nitrogens with two attached hydrogens (primary N) is 1. The van der Waals surface area contributed by atoms with Gasteiger partial charge in [0.1, 0.15) is 11.3 Å². The summed E-state index contributed by atoms with van der Waals surface area (Å²) in [5.74, 6) is 0.266. The number of nitrogens with zero attached hydrogens (tertiary/aromatic N) is 2. The topological polar surface area (TPSA) is 82.2 Å². The van der Waals surface area contributed by atoms with Crippen molar-refractivity contribution in [3.8, 4) is 5.75 Å². The van der Waals surface area contributed by atoms with Gasteiger partial charge in [-0.1, -0.05) is 6.07 Å². The number of carbonyl (C=O) groups is 1. The molecule has 1 aromatic carbocycles.